The summed E-state index contributed by atoms with van der Waals surface area (Å²) in [6.45, 7) is 1.64. The fourth-order valence-corrected chi connectivity index (χ4v) is 2.10. The Morgan fingerprint density at radius 2 is 1.74 bits per heavy atom. The molecule has 0 fully saturated rings. The van der Waals surface area contributed by atoms with E-state index in [2.05, 4.69) is 20.9 Å². The maximum absolute atomic E-state index is 12.1. The fraction of sp³-hybridized carbons (Fsp3) is 0.176. The molecule has 3 N–H and O–H groups in total. The predicted octanol–water partition coefficient (Wildman–Crippen LogP) is 3.29. The van der Waals surface area contributed by atoms with Crippen molar-refractivity contribution in [3.8, 4) is 11.5 Å². The number of amides is 1. The number of rotatable bonds is 5. The lowest BCUT2D eigenvalue weighted by Gasteiger charge is -2.13. The molecule has 27 heavy (non-hydrogen) atoms. The predicted molar refractivity (Wildman–Crippen MR) is 97.3 cm³/mol. The van der Waals surface area contributed by atoms with E-state index in [0.29, 0.717) is 11.4 Å². The Morgan fingerprint density at radius 1 is 1.07 bits per heavy atom. The number of hydrazine groups is 1. The van der Waals surface area contributed by atoms with Gasteiger partial charge in [-0.25, -0.2) is 0 Å². The second kappa shape index (κ2) is 9.08. The van der Waals surface area contributed by atoms with E-state index in [0.717, 1.165) is 17.7 Å². The van der Waals surface area contributed by atoms with Gasteiger partial charge in [0.05, 0.1) is 0 Å². The van der Waals surface area contributed by atoms with Crippen molar-refractivity contribution in [2.24, 2.45) is 0 Å². The van der Waals surface area contributed by atoms with Crippen molar-refractivity contribution in [1.29, 1.82) is 0 Å². The van der Waals surface area contributed by atoms with Crippen LogP contribution in [-0.2, 0) is 4.79 Å². The Kier molecular flexibility index (Phi) is 6.83. The SMILES string of the molecule is Cc1ccccc1OCC(=O)NNC(=S)Nc1ccc(OC(F)(F)F)cc1. The number of carbonyl (C=O) groups excluding carboxylic acids is 1. The van der Waals surface area contributed by atoms with E-state index in [1.165, 1.54) is 12.1 Å². The molecule has 0 aliphatic heterocycles. The van der Waals surface area contributed by atoms with Gasteiger partial charge in [0, 0.05) is 5.69 Å². The van der Waals surface area contributed by atoms with Crippen molar-refractivity contribution in [3.05, 3.63) is 54.1 Å². The van der Waals surface area contributed by atoms with Gasteiger partial charge in [0.2, 0.25) is 0 Å². The Morgan fingerprint density at radius 3 is 2.37 bits per heavy atom. The highest BCUT2D eigenvalue weighted by Crippen LogP contribution is 2.23. The highest BCUT2D eigenvalue weighted by Gasteiger charge is 2.30. The molecule has 6 nitrogen and oxygen atoms in total. The van der Waals surface area contributed by atoms with E-state index in [-0.39, 0.29) is 17.5 Å². The van der Waals surface area contributed by atoms with E-state index >= 15 is 0 Å². The van der Waals surface area contributed by atoms with Crippen LogP contribution in [0.2, 0.25) is 0 Å². The fourth-order valence-electron chi connectivity index (χ4n) is 1.93. The molecule has 0 aliphatic rings. The Bertz CT molecular complexity index is 798. The first-order valence-electron chi connectivity index (χ1n) is 7.63. The third-order valence-corrected chi connectivity index (χ3v) is 3.32. The number of aryl methyl sites for hydroxylation is 1. The Labute approximate surface area is 158 Å². The molecular weight excluding hydrogens is 383 g/mol. The van der Waals surface area contributed by atoms with Gasteiger partial charge in [0.1, 0.15) is 11.5 Å². The largest absolute Gasteiger partial charge is 0.573 e. The first kappa shape index (κ1) is 20.3. The Hall–Kier alpha value is -3.01. The van der Waals surface area contributed by atoms with E-state index in [4.69, 9.17) is 17.0 Å². The lowest BCUT2D eigenvalue weighted by molar-refractivity contribution is -0.274. The average molecular weight is 399 g/mol. The molecule has 0 spiro atoms. The monoisotopic (exact) mass is 399 g/mol. The molecule has 2 rings (SSSR count). The summed E-state index contributed by atoms with van der Waals surface area (Å²) in [4.78, 5) is 11.8. The van der Waals surface area contributed by atoms with Crippen LogP contribution in [0.25, 0.3) is 0 Å². The lowest BCUT2D eigenvalue weighted by atomic mass is 10.2. The zero-order chi connectivity index (χ0) is 19.9. The van der Waals surface area contributed by atoms with Crippen LogP contribution in [0.4, 0.5) is 18.9 Å². The number of para-hydroxylation sites is 1. The van der Waals surface area contributed by atoms with Crippen LogP contribution >= 0.6 is 12.2 Å². The van der Waals surface area contributed by atoms with Gasteiger partial charge in [-0.2, -0.15) is 0 Å². The second-order valence-corrected chi connectivity index (χ2v) is 5.66. The molecule has 0 bridgehead atoms. The van der Waals surface area contributed by atoms with Gasteiger partial charge in [-0.1, -0.05) is 18.2 Å². The van der Waals surface area contributed by atoms with E-state index in [1.807, 2.05) is 19.1 Å². The number of alkyl halides is 3. The first-order valence-corrected chi connectivity index (χ1v) is 8.04. The number of hydrogen-bond acceptors (Lipinski definition) is 4. The summed E-state index contributed by atoms with van der Waals surface area (Å²) in [6, 6.07) is 12.2. The van der Waals surface area contributed by atoms with Crippen LogP contribution in [0.1, 0.15) is 5.56 Å². The van der Waals surface area contributed by atoms with Crippen LogP contribution in [0.15, 0.2) is 48.5 Å². The van der Waals surface area contributed by atoms with Gasteiger partial charge in [-0.05, 0) is 55.0 Å². The minimum absolute atomic E-state index is 0.0451. The normalized spacial score (nSPS) is 10.7. The summed E-state index contributed by atoms with van der Waals surface area (Å²) in [7, 11) is 0. The van der Waals surface area contributed by atoms with Gasteiger partial charge < -0.3 is 14.8 Å². The highest BCUT2D eigenvalue weighted by molar-refractivity contribution is 7.80. The number of hydrogen-bond donors (Lipinski definition) is 3. The molecular formula is C17H16F3N3O3S. The topological polar surface area (TPSA) is 71.6 Å². The van der Waals surface area contributed by atoms with Crippen LogP contribution < -0.4 is 25.6 Å². The minimum atomic E-state index is -4.75. The number of nitrogens with one attached hydrogen (secondary N) is 3. The summed E-state index contributed by atoms with van der Waals surface area (Å²) >= 11 is 4.98. The Balaban J connectivity index is 1.74. The molecule has 0 aromatic heterocycles. The molecule has 0 radical (unpaired) electrons. The van der Waals surface area contributed by atoms with Gasteiger partial charge in [0.15, 0.2) is 11.7 Å². The standard InChI is InChI=1S/C17H16F3N3O3S/c1-11-4-2-3-5-14(11)25-10-15(24)22-23-16(27)21-12-6-8-13(9-7-12)26-17(18,19)20/h2-9H,10H2,1H3,(H,22,24)(H2,21,23,27). The van der Waals surface area contributed by atoms with E-state index < -0.39 is 12.3 Å². The lowest BCUT2D eigenvalue weighted by Crippen LogP contribution is -2.45. The van der Waals surface area contributed by atoms with Gasteiger partial charge >= 0.3 is 6.36 Å². The number of ether oxygens (including phenoxy) is 2. The number of halogens is 3. The van der Waals surface area contributed by atoms with Crippen LogP contribution in [-0.4, -0.2) is 24.0 Å². The van der Waals surface area contributed by atoms with Crippen molar-refractivity contribution in [3.63, 3.8) is 0 Å². The zero-order valence-corrected chi connectivity index (χ0v) is 14.9. The molecule has 0 saturated carbocycles. The molecule has 0 saturated heterocycles. The maximum atomic E-state index is 12.1. The molecule has 1 amide bonds. The third kappa shape index (κ3) is 7.40. The molecule has 10 heteroatoms. The molecule has 0 heterocycles. The molecule has 0 atom stereocenters. The minimum Gasteiger partial charge on any atom is -0.483 e. The van der Waals surface area contributed by atoms with Gasteiger partial charge in [0.25, 0.3) is 5.91 Å². The van der Waals surface area contributed by atoms with Gasteiger partial charge in [-0.15, -0.1) is 13.2 Å². The molecule has 2 aromatic carbocycles. The summed E-state index contributed by atoms with van der Waals surface area (Å²) < 4.78 is 45.5. The summed E-state index contributed by atoms with van der Waals surface area (Å²) in [6.07, 6.45) is -4.75. The number of carbonyl (C=O) groups is 1. The van der Waals surface area contributed by atoms with Crippen molar-refractivity contribution in [2.75, 3.05) is 11.9 Å². The van der Waals surface area contributed by atoms with E-state index in [1.54, 1.807) is 12.1 Å². The zero-order valence-electron chi connectivity index (χ0n) is 14.1. The van der Waals surface area contributed by atoms with Crippen molar-refractivity contribution in [1.82, 2.24) is 10.9 Å². The second-order valence-electron chi connectivity index (χ2n) is 5.25. The third-order valence-electron chi connectivity index (χ3n) is 3.11. The van der Waals surface area contributed by atoms with Crippen LogP contribution in [0.3, 0.4) is 0 Å². The molecule has 144 valence electrons. The van der Waals surface area contributed by atoms with Crippen LogP contribution in [0.5, 0.6) is 11.5 Å². The molecule has 2 aromatic rings. The number of benzene rings is 2. The van der Waals surface area contributed by atoms with Crippen LogP contribution in [0, 0.1) is 6.92 Å². The number of thiocarbonyl (C=S) groups is 1. The summed E-state index contributed by atoms with van der Waals surface area (Å²) in [5.74, 6) is -0.223. The quantitative estimate of drug-likeness (QED) is 0.530. The maximum Gasteiger partial charge on any atom is 0.573 e. The van der Waals surface area contributed by atoms with Gasteiger partial charge in [-0.3, -0.25) is 15.6 Å². The first-order chi connectivity index (χ1) is 12.7. The van der Waals surface area contributed by atoms with Crippen molar-refractivity contribution < 1.29 is 27.4 Å². The van der Waals surface area contributed by atoms with Crippen molar-refractivity contribution >= 4 is 28.9 Å². The molecule has 0 aliphatic carbocycles. The summed E-state index contributed by atoms with van der Waals surface area (Å²) in [5, 5.41) is 2.74. The summed E-state index contributed by atoms with van der Waals surface area (Å²) in [5.41, 5.74) is 6.11. The highest BCUT2D eigenvalue weighted by atomic mass is 32.1. The van der Waals surface area contributed by atoms with E-state index in [9.17, 15) is 18.0 Å². The van der Waals surface area contributed by atoms with Crippen molar-refractivity contribution in [2.45, 2.75) is 13.3 Å². The smallest absolute Gasteiger partial charge is 0.483 e. The molecule has 0 unspecified atom stereocenters. The average Bonchev–Trinajstić information content (AvgIpc) is 2.60. The number of anilines is 1.